The van der Waals surface area contributed by atoms with E-state index in [2.05, 4.69) is 15.8 Å². The molecule has 12 heteroatoms. The van der Waals surface area contributed by atoms with Crippen LogP contribution in [0, 0.1) is 12.7 Å². The van der Waals surface area contributed by atoms with Crippen LogP contribution in [0.4, 0.5) is 4.39 Å². The molecule has 11 nitrogen and oxygen atoms in total. The van der Waals surface area contributed by atoms with Gasteiger partial charge in [-0.05, 0) is 66.9 Å². The molecule has 244 valence electrons. The Kier molecular flexibility index (Phi) is 9.10. The summed E-state index contributed by atoms with van der Waals surface area (Å²) in [6, 6.07) is 15.7. The first-order chi connectivity index (χ1) is 22.7. The average Bonchev–Trinajstić information content (AvgIpc) is 3.46. The standard InChI is InChI=1S/C35H35FN4O7/c1-4-28-33(20(2)47-39-28)35(43)40-11-10-31-29(18-40)38-34(42)23-8-9-30(44-3)27(15-23)22-6-5-7-25(14-22)45-19-32(41)37-17-21-12-24(36)16-26(13-21)46-31/h5-9,12-16,29,31H,4,10-11,17-19H2,1-3H3,(H,37,41)(H,38,42)/t29-,31-/m1/s1. The molecule has 1 saturated heterocycles. The summed E-state index contributed by atoms with van der Waals surface area (Å²) in [6.45, 7) is 3.84. The van der Waals surface area contributed by atoms with E-state index < -0.39 is 23.9 Å². The molecule has 47 heavy (non-hydrogen) atoms. The van der Waals surface area contributed by atoms with Gasteiger partial charge in [0.2, 0.25) is 0 Å². The Labute approximate surface area is 271 Å². The van der Waals surface area contributed by atoms with Gasteiger partial charge in [-0.3, -0.25) is 14.4 Å². The fourth-order valence-electron chi connectivity index (χ4n) is 5.93. The van der Waals surface area contributed by atoms with Gasteiger partial charge >= 0.3 is 0 Å². The maximum atomic E-state index is 14.7. The van der Waals surface area contributed by atoms with Crippen molar-refractivity contribution in [1.29, 1.82) is 0 Å². The van der Waals surface area contributed by atoms with Gasteiger partial charge in [0.05, 0.1) is 18.8 Å². The SMILES string of the molecule is CCc1noc(C)c1C(=O)N1CC[C@H]2Oc3cc(F)cc(c3)CNC(=O)COc3cccc(c3)-c3cc(ccc3OC)C(=O)N[C@@H]2C1. The normalized spacial score (nSPS) is 18.3. The third kappa shape index (κ3) is 6.91. The number of nitrogens with one attached hydrogen (secondary N) is 2. The van der Waals surface area contributed by atoms with E-state index in [4.69, 9.17) is 18.7 Å². The van der Waals surface area contributed by atoms with Gasteiger partial charge in [0.1, 0.15) is 40.5 Å². The lowest BCUT2D eigenvalue weighted by Gasteiger charge is -2.39. The number of piperidine rings is 1. The number of amides is 3. The van der Waals surface area contributed by atoms with Crippen molar-refractivity contribution >= 4 is 17.7 Å². The topological polar surface area (TPSA) is 132 Å². The zero-order valence-electron chi connectivity index (χ0n) is 26.3. The molecular weight excluding hydrogens is 607 g/mol. The first-order valence-corrected chi connectivity index (χ1v) is 15.4. The number of aryl methyl sites for hydroxylation is 2. The van der Waals surface area contributed by atoms with E-state index in [0.717, 1.165) is 0 Å². The number of halogens is 1. The average molecular weight is 643 g/mol. The number of hydrogen-bond acceptors (Lipinski definition) is 8. The highest BCUT2D eigenvalue weighted by Crippen LogP contribution is 2.33. The van der Waals surface area contributed by atoms with Crippen molar-refractivity contribution in [2.45, 2.75) is 45.4 Å². The van der Waals surface area contributed by atoms with E-state index in [1.54, 1.807) is 61.4 Å². The van der Waals surface area contributed by atoms with Gasteiger partial charge in [-0.1, -0.05) is 24.2 Å². The largest absolute Gasteiger partial charge is 0.496 e. The minimum Gasteiger partial charge on any atom is -0.496 e. The summed E-state index contributed by atoms with van der Waals surface area (Å²) in [4.78, 5) is 41.8. The number of carbonyl (C=O) groups excluding carboxylic acids is 3. The van der Waals surface area contributed by atoms with Gasteiger partial charge in [0.15, 0.2) is 6.61 Å². The summed E-state index contributed by atoms with van der Waals surface area (Å²) in [7, 11) is 1.54. The number of carbonyl (C=O) groups is 3. The lowest BCUT2D eigenvalue weighted by molar-refractivity contribution is -0.123. The van der Waals surface area contributed by atoms with Gasteiger partial charge in [0, 0.05) is 43.2 Å². The number of likely N-dealkylation sites (tertiary alicyclic amines) is 1. The number of aromatic nitrogens is 1. The summed E-state index contributed by atoms with van der Waals surface area (Å²) in [5, 5.41) is 9.86. The number of nitrogens with zero attached hydrogens (tertiary/aromatic N) is 2. The highest BCUT2D eigenvalue weighted by molar-refractivity contribution is 5.97. The minimum atomic E-state index is -0.666. The molecule has 6 bridgehead atoms. The van der Waals surface area contributed by atoms with Crippen LogP contribution in [0.3, 0.4) is 0 Å². The van der Waals surface area contributed by atoms with Gasteiger partial charge in [-0.25, -0.2) is 4.39 Å². The first kappa shape index (κ1) is 31.6. The molecular formula is C35H35FN4O7. The molecule has 0 unspecified atom stereocenters. The number of hydrogen-bond donors (Lipinski definition) is 2. The molecule has 2 atom stereocenters. The van der Waals surface area contributed by atoms with Crippen LogP contribution in [0.1, 0.15) is 51.1 Å². The van der Waals surface area contributed by atoms with Gasteiger partial charge < -0.3 is 34.3 Å². The van der Waals surface area contributed by atoms with Crippen molar-refractivity contribution < 1.29 is 37.5 Å². The quantitative estimate of drug-likeness (QED) is 0.335. The van der Waals surface area contributed by atoms with Gasteiger partial charge in [0.25, 0.3) is 17.7 Å². The zero-order chi connectivity index (χ0) is 33.1. The fourth-order valence-corrected chi connectivity index (χ4v) is 5.93. The molecule has 0 radical (unpaired) electrons. The monoisotopic (exact) mass is 642 g/mol. The minimum absolute atomic E-state index is 0.0460. The Morgan fingerprint density at radius 2 is 1.94 bits per heavy atom. The number of fused-ring (bicyclic) bond motifs is 8. The molecule has 3 heterocycles. The lowest BCUT2D eigenvalue weighted by Crippen LogP contribution is -2.58. The molecule has 6 rings (SSSR count). The van der Waals surface area contributed by atoms with Crippen LogP contribution >= 0.6 is 0 Å². The second-order valence-electron chi connectivity index (χ2n) is 11.5. The number of rotatable bonds is 3. The smallest absolute Gasteiger partial charge is 0.259 e. The number of benzene rings is 3. The predicted octanol–water partition coefficient (Wildman–Crippen LogP) is 4.46. The predicted molar refractivity (Wildman–Crippen MR) is 169 cm³/mol. The van der Waals surface area contributed by atoms with Crippen LogP contribution < -0.4 is 24.8 Å². The molecule has 0 aliphatic carbocycles. The summed E-state index contributed by atoms with van der Waals surface area (Å²) < 4.78 is 37.7. The number of ether oxygens (including phenoxy) is 3. The van der Waals surface area contributed by atoms with E-state index in [0.29, 0.717) is 70.2 Å². The Bertz CT molecular complexity index is 1820. The molecule has 1 fully saturated rings. The fraction of sp³-hybridized carbons (Fsp3) is 0.314. The van der Waals surface area contributed by atoms with E-state index in [9.17, 15) is 18.8 Å². The van der Waals surface area contributed by atoms with Crippen LogP contribution in [-0.2, 0) is 17.8 Å². The lowest BCUT2D eigenvalue weighted by atomic mass is 9.98. The number of methoxy groups -OCH3 is 1. The molecule has 1 aromatic heterocycles. The van der Waals surface area contributed by atoms with Crippen molar-refractivity contribution in [3.05, 3.63) is 94.6 Å². The molecule has 0 saturated carbocycles. The second-order valence-corrected chi connectivity index (χ2v) is 11.5. The Morgan fingerprint density at radius 1 is 1.09 bits per heavy atom. The summed E-state index contributed by atoms with van der Waals surface area (Å²) in [5.74, 6) is 0.0695. The Balaban J connectivity index is 1.37. The molecule has 3 aromatic carbocycles. The zero-order valence-corrected chi connectivity index (χ0v) is 26.3. The van der Waals surface area contributed by atoms with Crippen LogP contribution in [0.25, 0.3) is 11.1 Å². The first-order valence-electron chi connectivity index (χ1n) is 15.4. The molecule has 3 amide bonds. The van der Waals surface area contributed by atoms with Crippen LogP contribution in [0.15, 0.2) is 65.2 Å². The Hall–Kier alpha value is -5.39. The molecule has 2 aliphatic heterocycles. The van der Waals surface area contributed by atoms with Crippen LogP contribution in [0.2, 0.25) is 0 Å². The second kappa shape index (κ2) is 13.5. The third-order valence-corrected chi connectivity index (χ3v) is 8.32. The van der Waals surface area contributed by atoms with Gasteiger partial charge in [-0.2, -0.15) is 0 Å². The molecule has 0 spiro atoms. The highest BCUT2D eigenvalue weighted by Gasteiger charge is 2.36. The van der Waals surface area contributed by atoms with Crippen molar-refractivity contribution in [3.8, 4) is 28.4 Å². The van der Waals surface area contributed by atoms with Crippen molar-refractivity contribution in [2.75, 3.05) is 26.8 Å². The summed E-state index contributed by atoms with van der Waals surface area (Å²) >= 11 is 0. The van der Waals surface area contributed by atoms with Crippen molar-refractivity contribution in [3.63, 3.8) is 0 Å². The Morgan fingerprint density at radius 3 is 2.74 bits per heavy atom. The van der Waals surface area contributed by atoms with E-state index in [1.165, 1.54) is 12.1 Å². The molecule has 4 aromatic rings. The van der Waals surface area contributed by atoms with Crippen molar-refractivity contribution in [2.24, 2.45) is 0 Å². The molecule has 2 aliphatic rings. The highest BCUT2D eigenvalue weighted by atomic mass is 19.1. The van der Waals surface area contributed by atoms with E-state index in [-0.39, 0.29) is 37.3 Å². The summed E-state index contributed by atoms with van der Waals surface area (Å²) in [5.41, 5.74) is 3.17. The van der Waals surface area contributed by atoms with Crippen LogP contribution in [-0.4, -0.2) is 66.7 Å². The van der Waals surface area contributed by atoms with Crippen molar-refractivity contribution in [1.82, 2.24) is 20.7 Å². The molecule has 2 N–H and O–H groups in total. The van der Waals surface area contributed by atoms with E-state index >= 15 is 0 Å². The maximum Gasteiger partial charge on any atom is 0.259 e. The summed E-state index contributed by atoms with van der Waals surface area (Å²) in [6.07, 6.45) is 0.268. The van der Waals surface area contributed by atoms with E-state index in [1.807, 2.05) is 13.0 Å². The van der Waals surface area contributed by atoms with Gasteiger partial charge in [-0.15, -0.1) is 0 Å². The third-order valence-electron chi connectivity index (χ3n) is 8.32. The maximum absolute atomic E-state index is 14.7. The van der Waals surface area contributed by atoms with Crippen LogP contribution in [0.5, 0.6) is 17.2 Å².